The number of hydrogen-bond donors (Lipinski definition) is 2. The summed E-state index contributed by atoms with van der Waals surface area (Å²) in [6.07, 6.45) is 5.24. The monoisotopic (exact) mass is 475 g/mol. The Labute approximate surface area is 205 Å². The number of carbonyl (C=O) groups excluding carboxylic acids is 1. The van der Waals surface area contributed by atoms with E-state index in [4.69, 9.17) is 0 Å². The SMILES string of the molecule is CCCN1[C@@H]2c3ccc(-c4ccccc4)c(=O)n3C[C@@H]2[C@@H](CO)[C@@H]1C(=O)NCCc1cn(C)cn1. The number of aromatic nitrogens is 3. The van der Waals surface area contributed by atoms with E-state index in [9.17, 15) is 14.7 Å². The molecule has 35 heavy (non-hydrogen) atoms. The predicted octanol–water partition coefficient (Wildman–Crippen LogP) is 1.98. The third-order valence-corrected chi connectivity index (χ3v) is 7.46. The number of amides is 1. The van der Waals surface area contributed by atoms with E-state index in [1.807, 2.05) is 64.8 Å². The van der Waals surface area contributed by atoms with E-state index in [1.165, 1.54) is 0 Å². The van der Waals surface area contributed by atoms with Gasteiger partial charge in [-0.25, -0.2) is 4.98 Å². The highest BCUT2D eigenvalue weighted by atomic mass is 16.3. The summed E-state index contributed by atoms with van der Waals surface area (Å²) in [7, 11) is 1.92. The second-order valence-corrected chi connectivity index (χ2v) is 9.66. The largest absolute Gasteiger partial charge is 0.396 e. The molecule has 0 unspecified atom stereocenters. The molecule has 1 amide bonds. The summed E-state index contributed by atoms with van der Waals surface area (Å²) in [5.41, 5.74) is 3.45. The van der Waals surface area contributed by atoms with Gasteiger partial charge in [0.15, 0.2) is 0 Å². The van der Waals surface area contributed by atoms with Crippen molar-refractivity contribution in [1.82, 2.24) is 24.3 Å². The maximum atomic E-state index is 13.4. The number of pyridine rings is 1. The van der Waals surface area contributed by atoms with Crippen LogP contribution in [-0.4, -0.2) is 55.8 Å². The third kappa shape index (κ3) is 4.21. The molecular weight excluding hydrogens is 442 g/mol. The molecule has 0 saturated carbocycles. The van der Waals surface area contributed by atoms with Crippen molar-refractivity contribution in [3.05, 3.63) is 76.7 Å². The fourth-order valence-corrected chi connectivity index (χ4v) is 5.98. The topological polar surface area (TPSA) is 92.4 Å². The van der Waals surface area contributed by atoms with Crippen LogP contribution in [0.3, 0.4) is 0 Å². The zero-order valence-electron chi connectivity index (χ0n) is 20.3. The van der Waals surface area contributed by atoms with Crippen molar-refractivity contribution in [1.29, 1.82) is 0 Å². The van der Waals surface area contributed by atoms with Gasteiger partial charge in [0.25, 0.3) is 5.56 Å². The van der Waals surface area contributed by atoms with Gasteiger partial charge in [-0.05, 0) is 30.7 Å². The van der Waals surface area contributed by atoms with Crippen LogP contribution in [0.25, 0.3) is 11.1 Å². The van der Waals surface area contributed by atoms with Gasteiger partial charge in [-0.15, -0.1) is 0 Å². The molecule has 1 fully saturated rings. The van der Waals surface area contributed by atoms with Crippen LogP contribution in [0, 0.1) is 11.8 Å². The molecule has 4 heterocycles. The van der Waals surface area contributed by atoms with Crippen LogP contribution in [0.5, 0.6) is 0 Å². The summed E-state index contributed by atoms with van der Waals surface area (Å²) >= 11 is 0. The molecule has 4 atom stereocenters. The van der Waals surface area contributed by atoms with Crippen molar-refractivity contribution in [2.75, 3.05) is 19.7 Å². The Morgan fingerprint density at radius 2 is 2.00 bits per heavy atom. The number of nitrogens with zero attached hydrogens (tertiary/aromatic N) is 4. The number of imidazole rings is 1. The van der Waals surface area contributed by atoms with E-state index in [1.54, 1.807) is 6.33 Å². The van der Waals surface area contributed by atoms with Crippen molar-refractivity contribution in [3.8, 4) is 11.1 Å². The molecule has 2 aliphatic heterocycles. The molecule has 8 heteroatoms. The Bertz CT molecular complexity index is 1250. The molecule has 1 saturated heterocycles. The fourth-order valence-electron chi connectivity index (χ4n) is 5.98. The summed E-state index contributed by atoms with van der Waals surface area (Å²) in [4.78, 5) is 33.4. The quantitative estimate of drug-likeness (QED) is 0.520. The van der Waals surface area contributed by atoms with Crippen LogP contribution < -0.4 is 10.9 Å². The first-order valence-corrected chi connectivity index (χ1v) is 12.4. The van der Waals surface area contributed by atoms with Gasteiger partial charge >= 0.3 is 0 Å². The van der Waals surface area contributed by atoms with Crippen molar-refractivity contribution < 1.29 is 9.90 Å². The Hall–Kier alpha value is -3.23. The smallest absolute Gasteiger partial charge is 0.258 e. The lowest BCUT2D eigenvalue weighted by Gasteiger charge is -2.30. The normalized spacial score (nSPS) is 23.3. The lowest BCUT2D eigenvalue weighted by atomic mass is 9.88. The minimum Gasteiger partial charge on any atom is -0.396 e. The Morgan fingerprint density at radius 1 is 1.20 bits per heavy atom. The van der Waals surface area contributed by atoms with Crippen molar-refractivity contribution in [2.45, 2.75) is 38.4 Å². The maximum absolute atomic E-state index is 13.4. The highest BCUT2D eigenvalue weighted by Gasteiger charge is 2.55. The zero-order valence-corrected chi connectivity index (χ0v) is 20.3. The van der Waals surface area contributed by atoms with Crippen molar-refractivity contribution in [2.24, 2.45) is 18.9 Å². The minimum absolute atomic E-state index is 0.00685. The lowest BCUT2D eigenvalue weighted by Crippen LogP contribution is -2.49. The molecule has 8 nitrogen and oxygen atoms in total. The van der Waals surface area contributed by atoms with E-state index >= 15 is 0 Å². The van der Waals surface area contributed by atoms with Crippen LogP contribution in [-0.2, 0) is 24.8 Å². The van der Waals surface area contributed by atoms with Gasteiger partial charge in [0.05, 0.1) is 24.1 Å². The molecule has 0 bridgehead atoms. The first-order valence-electron chi connectivity index (χ1n) is 12.4. The highest BCUT2D eigenvalue weighted by Crippen LogP contribution is 2.49. The van der Waals surface area contributed by atoms with Gasteiger partial charge in [0, 0.05) is 62.5 Å². The number of hydrogen-bond acceptors (Lipinski definition) is 5. The number of aliphatic hydroxyl groups is 1. The van der Waals surface area contributed by atoms with E-state index in [-0.39, 0.29) is 36.0 Å². The molecule has 3 aromatic rings. The van der Waals surface area contributed by atoms with Crippen LogP contribution in [0.1, 0.15) is 30.8 Å². The molecule has 5 rings (SSSR count). The standard InChI is InChI=1S/C27H33N5O3/c1-3-13-31-24-21(15-32-23(24)10-9-20(27(32)35)18-7-5-4-6-8-18)22(16-33)25(31)26(34)28-12-11-19-14-30(2)17-29-19/h4-10,14,17,21-22,24-25,33H,3,11-13,15-16H2,1-2H3,(H,28,34)/t21-,22-,24+,25-/m1/s1. The number of nitrogens with one attached hydrogen (secondary N) is 1. The van der Waals surface area contributed by atoms with Crippen LogP contribution in [0.2, 0.25) is 0 Å². The van der Waals surface area contributed by atoms with Crippen LogP contribution in [0.4, 0.5) is 0 Å². The molecule has 0 aliphatic carbocycles. The third-order valence-electron chi connectivity index (χ3n) is 7.46. The second kappa shape index (κ2) is 9.79. The number of aliphatic hydroxyl groups excluding tert-OH is 1. The molecular formula is C27H33N5O3. The highest BCUT2D eigenvalue weighted by molar-refractivity contribution is 5.82. The minimum atomic E-state index is -0.420. The van der Waals surface area contributed by atoms with Crippen molar-refractivity contribution in [3.63, 3.8) is 0 Å². The Morgan fingerprint density at radius 3 is 2.69 bits per heavy atom. The van der Waals surface area contributed by atoms with Gasteiger partial charge in [0.2, 0.25) is 5.91 Å². The van der Waals surface area contributed by atoms with Gasteiger partial charge in [-0.1, -0.05) is 37.3 Å². The van der Waals surface area contributed by atoms with E-state index in [0.29, 0.717) is 25.1 Å². The first kappa shape index (κ1) is 23.5. The number of rotatable bonds is 8. The van der Waals surface area contributed by atoms with E-state index in [2.05, 4.69) is 22.1 Å². The molecule has 1 aromatic carbocycles. The average Bonchev–Trinajstić information content (AvgIpc) is 3.53. The first-order chi connectivity index (χ1) is 17.0. The van der Waals surface area contributed by atoms with Gasteiger partial charge in [-0.2, -0.15) is 0 Å². The summed E-state index contributed by atoms with van der Waals surface area (Å²) in [6.45, 7) is 3.75. The Kier molecular flexibility index (Phi) is 6.58. The summed E-state index contributed by atoms with van der Waals surface area (Å²) in [5, 5.41) is 13.5. The number of benzene rings is 1. The molecule has 0 radical (unpaired) electrons. The molecule has 0 spiro atoms. The molecule has 2 N–H and O–H groups in total. The van der Waals surface area contributed by atoms with Crippen LogP contribution in [0.15, 0.2) is 59.8 Å². The van der Waals surface area contributed by atoms with E-state index in [0.717, 1.165) is 29.9 Å². The number of fused-ring (bicyclic) bond motifs is 3. The van der Waals surface area contributed by atoms with Crippen molar-refractivity contribution >= 4 is 5.91 Å². The van der Waals surface area contributed by atoms with E-state index < -0.39 is 6.04 Å². The molecule has 2 aliphatic rings. The van der Waals surface area contributed by atoms with Crippen LogP contribution >= 0.6 is 0 Å². The molecule has 2 aromatic heterocycles. The molecule has 184 valence electrons. The number of carbonyl (C=O) groups is 1. The summed E-state index contributed by atoms with van der Waals surface area (Å²) in [5.74, 6) is -0.282. The van der Waals surface area contributed by atoms with Gasteiger partial charge < -0.3 is 19.6 Å². The zero-order chi connectivity index (χ0) is 24.5. The van der Waals surface area contributed by atoms with Gasteiger partial charge in [-0.3, -0.25) is 14.5 Å². The Balaban J connectivity index is 1.41. The van der Waals surface area contributed by atoms with Gasteiger partial charge in [0.1, 0.15) is 0 Å². The summed E-state index contributed by atoms with van der Waals surface area (Å²) in [6, 6.07) is 13.2. The predicted molar refractivity (Wildman–Crippen MR) is 134 cm³/mol. The second-order valence-electron chi connectivity index (χ2n) is 9.66. The fraction of sp³-hybridized carbons (Fsp3) is 0.444. The number of aryl methyl sites for hydroxylation is 1. The average molecular weight is 476 g/mol. The number of likely N-dealkylation sites (tertiary alicyclic amines) is 1. The lowest BCUT2D eigenvalue weighted by molar-refractivity contribution is -0.127. The maximum Gasteiger partial charge on any atom is 0.258 e. The summed E-state index contributed by atoms with van der Waals surface area (Å²) < 4.78 is 3.75.